The van der Waals surface area contributed by atoms with Crippen molar-refractivity contribution in [2.24, 2.45) is 0 Å². The molecular formula is C17H22N2O2S. The van der Waals surface area contributed by atoms with Crippen LogP contribution in [-0.2, 0) is 16.0 Å². The van der Waals surface area contributed by atoms with E-state index < -0.39 is 0 Å². The topological polar surface area (TPSA) is 55.1 Å². The van der Waals surface area contributed by atoms with Gasteiger partial charge in [-0.05, 0) is 12.5 Å². The van der Waals surface area contributed by atoms with Gasteiger partial charge in [-0.15, -0.1) is 11.8 Å². The highest BCUT2D eigenvalue weighted by Gasteiger charge is 2.20. The molecule has 0 atom stereocenters. The number of rotatable bonds is 5. The van der Waals surface area contributed by atoms with Crippen LogP contribution >= 0.6 is 11.8 Å². The predicted molar refractivity (Wildman–Crippen MR) is 91.2 cm³/mol. The molecule has 1 aromatic heterocycles. The lowest BCUT2D eigenvalue weighted by molar-refractivity contribution is -0.113. The molecule has 0 saturated heterocycles. The van der Waals surface area contributed by atoms with Gasteiger partial charge in [0.15, 0.2) is 5.82 Å². The second kappa shape index (κ2) is 7.01. The van der Waals surface area contributed by atoms with Gasteiger partial charge < -0.3 is 9.84 Å². The van der Waals surface area contributed by atoms with Gasteiger partial charge in [0.05, 0.1) is 5.75 Å². The van der Waals surface area contributed by atoms with Gasteiger partial charge in [0.1, 0.15) is 5.76 Å². The number of hydrogen-bond acceptors (Lipinski definition) is 4. The van der Waals surface area contributed by atoms with E-state index in [9.17, 15) is 4.79 Å². The molecule has 2 rings (SSSR count). The molecule has 1 aromatic carbocycles. The van der Waals surface area contributed by atoms with Crippen LogP contribution in [0.2, 0.25) is 0 Å². The van der Waals surface area contributed by atoms with Gasteiger partial charge in [-0.1, -0.05) is 55.8 Å². The number of aryl methyl sites for hydroxylation is 1. The fourth-order valence-electron chi connectivity index (χ4n) is 1.81. The fourth-order valence-corrected chi connectivity index (χ4v) is 2.60. The first kappa shape index (κ1) is 16.6. The summed E-state index contributed by atoms with van der Waals surface area (Å²) in [4.78, 5) is 11.9. The summed E-state index contributed by atoms with van der Waals surface area (Å²) in [6.07, 6.45) is 0. The molecule has 5 heteroatoms. The second-order valence-corrected chi connectivity index (χ2v) is 7.34. The second-order valence-electron chi connectivity index (χ2n) is 6.35. The minimum absolute atomic E-state index is 0.0640. The van der Waals surface area contributed by atoms with Gasteiger partial charge >= 0.3 is 0 Å². The monoisotopic (exact) mass is 318 g/mol. The van der Waals surface area contributed by atoms with Crippen LogP contribution in [0.1, 0.15) is 37.7 Å². The molecule has 0 unspecified atom stereocenters. The van der Waals surface area contributed by atoms with Crippen LogP contribution in [0.3, 0.4) is 0 Å². The summed E-state index contributed by atoms with van der Waals surface area (Å²) in [6.45, 7) is 8.18. The summed E-state index contributed by atoms with van der Waals surface area (Å²) in [6, 6.07) is 10.1. The Bertz CT molecular complexity index is 627. The number of hydrogen-bond donors (Lipinski definition) is 1. The predicted octanol–water partition coefficient (Wildman–Crippen LogP) is 4.15. The molecular weight excluding hydrogens is 296 g/mol. The third-order valence-corrected chi connectivity index (χ3v) is 4.14. The molecule has 0 fully saturated rings. The third-order valence-electron chi connectivity index (χ3n) is 3.14. The highest BCUT2D eigenvalue weighted by Crippen LogP contribution is 2.24. The Labute approximate surface area is 135 Å². The van der Waals surface area contributed by atoms with E-state index in [1.165, 1.54) is 11.1 Å². The zero-order valence-corrected chi connectivity index (χ0v) is 14.3. The van der Waals surface area contributed by atoms with Crippen molar-refractivity contribution in [3.63, 3.8) is 0 Å². The minimum atomic E-state index is -0.115. The van der Waals surface area contributed by atoms with Crippen LogP contribution in [0.25, 0.3) is 0 Å². The van der Waals surface area contributed by atoms with Crippen LogP contribution < -0.4 is 5.32 Å². The van der Waals surface area contributed by atoms with Crippen LogP contribution in [0.4, 0.5) is 5.82 Å². The van der Waals surface area contributed by atoms with Crippen LogP contribution in [0, 0.1) is 6.92 Å². The van der Waals surface area contributed by atoms with Crippen molar-refractivity contribution >= 4 is 23.5 Å². The molecule has 1 amide bonds. The van der Waals surface area contributed by atoms with Crippen molar-refractivity contribution in [1.82, 2.24) is 5.16 Å². The summed E-state index contributed by atoms with van der Waals surface area (Å²) in [5.74, 6) is 2.39. The fraction of sp³-hybridized carbons (Fsp3) is 0.412. The largest absolute Gasteiger partial charge is 0.359 e. The van der Waals surface area contributed by atoms with E-state index in [1.54, 1.807) is 17.8 Å². The normalized spacial score (nSPS) is 11.5. The van der Waals surface area contributed by atoms with Crippen molar-refractivity contribution < 1.29 is 9.32 Å². The first-order valence-electron chi connectivity index (χ1n) is 7.25. The Kier molecular flexibility index (Phi) is 5.29. The zero-order chi connectivity index (χ0) is 16.2. The molecule has 4 nitrogen and oxygen atoms in total. The van der Waals surface area contributed by atoms with Crippen LogP contribution in [0.15, 0.2) is 34.9 Å². The summed E-state index contributed by atoms with van der Waals surface area (Å²) < 4.78 is 5.24. The molecule has 0 aliphatic carbocycles. The van der Waals surface area contributed by atoms with Gasteiger partial charge in [-0.25, -0.2) is 0 Å². The van der Waals surface area contributed by atoms with E-state index in [0.717, 1.165) is 11.5 Å². The van der Waals surface area contributed by atoms with Gasteiger partial charge in [0.25, 0.3) is 0 Å². The van der Waals surface area contributed by atoms with Gasteiger partial charge in [0, 0.05) is 17.2 Å². The quantitative estimate of drug-likeness (QED) is 0.899. The van der Waals surface area contributed by atoms with E-state index in [1.807, 2.05) is 20.8 Å². The van der Waals surface area contributed by atoms with Gasteiger partial charge in [-0.2, -0.15) is 0 Å². The maximum Gasteiger partial charge on any atom is 0.235 e. The molecule has 0 radical (unpaired) electrons. The number of thioether (sulfide) groups is 1. The molecule has 1 heterocycles. The molecule has 0 aliphatic rings. The average molecular weight is 318 g/mol. The average Bonchev–Trinajstić information content (AvgIpc) is 2.89. The first-order chi connectivity index (χ1) is 10.3. The first-order valence-corrected chi connectivity index (χ1v) is 8.40. The van der Waals surface area contributed by atoms with Gasteiger partial charge in [0.2, 0.25) is 5.91 Å². The lowest BCUT2D eigenvalue weighted by atomic mass is 9.93. The van der Waals surface area contributed by atoms with E-state index in [2.05, 4.69) is 41.7 Å². The van der Waals surface area contributed by atoms with Crippen LogP contribution in [0.5, 0.6) is 0 Å². The van der Waals surface area contributed by atoms with Crippen molar-refractivity contribution in [2.45, 2.75) is 38.9 Å². The number of carbonyl (C=O) groups excluding carboxylic acids is 1. The molecule has 1 N–H and O–H groups in total. The molecule has 0 spiro atoms. The van der Waals surface area contributed by atoms with E-state index in [0.29, 0.717) is 11.6 Å². The highest BCUT2D eigenvalue weighted by atomic mass is 32.2. The maximum absolute atomic E-state index is 11.9. The molecule has 2 aromatic rings. The van der Waals surface area contributed by atoms with E-state index in [4.69, 9.17) is 4.52 Å². The maximum atomic E-state index is 11.9. The molecule has 118 valence electrons. The Morgan fingerprint density at radius 1 is 1.27 bits per heavy atom. The molecule has 0 aliphatic heterocycles. The summed E-state index contributed by atoms with van der Waals surface area (Å²) in [5, 5.41) is 6.65. The smallest absolute Gasteiger partial charge is 0.235 e. The number of benzene rings is 1. The standard InChI is InChI=1S/C17H22N2O2S/c1-12-5-7-13(8-6-12)10-22-11-16(20)18-15-9-14(21-19-15)17(2,3)4/h5-9H,10-11H2,1-4H3,(H,18,19,20). The highest BCUT2D eigenvalue weighted by molar-refractivity contribution is 7.99. The van der Waals surface area contributed by atoms with Crippen LogP contribution in [-0.4, -0.2) is 16.8 Å². The SMILES string of the molecule is Cc1ccc(CSCC(=O)Nc2cc(C(C)(C)C)on2)cc1. The summed E-state index contributed by atoms with van der Waals surface area (Å²) >= 11 is 1.58. The lowest BCUT2D eigenvalue weighted by Crippen LogP contribution is -2.14. The number of aromatic nitrogens is 1. The number of anilines is 1. The van der Waals surface area contributed by atoms with Crippen molar-refractivity contribution in [1.29, 1.82) is 0 Å². The number of carbonyl (C=O) groups is 1. The zero-order valence-electron chi connectivity index (χ0n) is 13.5. The number of nitrogens with zero attached hydrogens (tertiary/aromatic N) is 1. The lowest BCUT2D eigenvalue weighted by Gasteiger charge is -2.12. The summed E-state index contributed by atoms with van der Waals surface area (Å²) in [5.41, 5.74) is 2.35. The number of amides is 1. The number of nitrogens with one attached hydrogen (secondary N) is 1. The Hall–Kier alpha value is -1.75. The van der Waals surface area contributed by atoms with Gasteiger partial charge in [-0.3, -0.25) is 4.79 Å². The van der Waals surface area contributed by atoms with E-state index in [-0.39, 0.29) is 11.3 Å². The Balaban J connectivity index is 1.78. The molecule has 22 heavy (non-hydrogen) atoms. The molecule has 0 saturated carbocycles. The summed E-state index contributed by atoms with van der Waals surface area (Å²) in [7, 11) is 0. The Morgan fingerprint density at radius 2 is 1.95 bits per heavy atom. The van der Waals surface area contributed by atoms with Crippen molar-refractivity contribution in [3.05, 3.63) is 47.2 Å². The molecule has 0 bridgehead atoms. The van der Waals surface area contributed by atoms with Crippen molar-refractivity contribution in [3.8, 4) is 0 Å². The Morgan fingerprint density at radius 3 is 2.55 bits per heavy atom. The minimum Gasteiger partial charge on any atom is -0.359 e. The van der Waals surface area contributed by atoms with Crippen molar-refractivity contribution in [2.75, 3.05) is 11.1 Å². The third kappa shape index (κ3) is 4.91. The van der Waals surface area contributed by atoms with E-state index >= 15 is 0 Å².